The molecule has 0 bridgehead atoms. The number of nitrogens with one attached hydrogen (secondary N) is 1. The molecule has 3 aromatic heterocycles. The van der Waals surface area contributed by atoms with Crippen LogP contribution in [0.25, 0.3) is 22.6 Å². The van der Waals surface area contributed by atoms with Gasteiger partial charge in [-0.15, -0.1) is 0 Å². The first-order valence-corrected chi connectivity index (χ1v) is 11.3. The molecule has 174 valence electrons. The monoisotopic (exact) mass is 482 g/mol. The molecule has 11 heteroatoms. The van der Waals surface area contributed by atoms with Crippen LogP contribution >= 0.6 is 11.6 Å². The molecule has 4 aromatic rings. The number of oxazole rings is 1. The van der Waals surface area contributed by atoms with Crippen LogP contribution in [0.2, 0.25) is 5.15 Å². The molecule has 1 fully saturated rings. The Morgan fingerprint density at radius 3 is 2.97 bits per heavy atom. The predicted octanol–water partition coefficient (Wildman–Crippen LogP) is 4.24. The molecule has 6 rings (SSSR count). The quantitative estimate of drug-likeness (QED) is 0.428. The number of rotatable bonds is 4. The molecule has 9 nitrogen and oxygen atoms in total. The Morgan fingerprint density at radius 2 is 2.12 bits per heavy atom. The Hall–Kier alpha value is -3.50. The molecular weight excluding hydrogens is 463 g/mol. The molecule has 0 saturated carbocycles. The molecular formula is C23H20ClFN6O3. The van der Waals surface area contributed by atoms with Crippen molar-refractivity contribution >= 4 is 34.1 Å². The second-order valence-corrected chi connectivity index (χ2v) is 8.57. The Morgan fingerprint density at radius 1 is 1.21 bits per heavy atom. The van der Waals surface area contributed by atoms with Crippen molar-refractivity contribution in [1.82, 2.24) is 19.9 Å². The second-order valence-electron chi connectivity index (χ2n) is 8.18. The van der Waals surface area contributed by atoms with E-state index in [1.807, 2.05) is 6.92 Å². The third kappa shape index (κ3) is 3.68. The lowest BCUT2D eigenvalue weighted by Gasteiger charge is -2.39. The Bertz CT molecular complexity index is 1370. The number of halogens is 2. The van der Waals surface area contributed by atoms with E-state index in [9.17, 15) is 4.39 Å². The summed E-state index contributed by atoms with van der Waals surface area (Å²) in [6, 6.07) is 6.01. The van der Waals surface area contributed by atoms with Crippen molar-refractivity contribution < 1.29 is 18.3 Å². The van der Waals surface area contributed by atoms with E-state index in [1.54, 1.807) is 12.1 Å². The zero-order chi connectivity index (χ0) is 23.2. The standard InChI is InChI=1S/C23H20ClFN6O3/c1-12(27-16-2-3-18(24)29-20(16)22-26-4-6-33-22)15-8-13(25)9-17-19(15)30-21-23(28-17)34-11-14-10-32-7-5-31(14)21/h2-4,6,8-9,12,14,27H,5,7,10-11H2,1H3/t12-,14+/m1/s1. The van der Waals surface area contributed by atoms with Gasteiger partial charge in [0.25, 0.3) is 5.88 Å². The van der Waals surface area contributed by atoms with Crippen LogP contribution in [0.1, 0.15) is 18.5 Å². The first-order chi connectivity index (χ1) is 16.6. The van der Waals surface area contributed by atoms with Crippen molar-refractivity contribution in [2.45, 2.75) is 19.0 Å². The molecule has 2 aliphatic rings. The minimum atomic E-state index is -0.410. The number of hydrogen-bond donors (Lipinski definition) is 1. The maximum Gasteiger partial charge on any atom is 0.258 e. The Kier molecular flexibility index (Phi) is 5.19. The van der Waals surface area contributed by atoms with Crippen LogP contribution in [0.15, 0.2) is 41.1 Å². The van der Waals surface area contributed by atoms with Crippen LogP contribution in [-0.4, -0.2) is 52.3 Å². The summed E-state index contributed by atoms with van der Waals surface area (Å²) < 4.78 is 31.5. The molecule has 2 aliphatic heterocycles. The summed E-state index contributed by atoms with van der Waals surface area (Å²) in [5.74, 6) is 0.981. The number of anilines is 2. The highest BCUT2D eigenvalue weighted by Crippen LogP contribution is 2.37. The maximum absolute atomic E-state index is 14.6. The summed E-state index contributed by atoms with van der Waals surface area (Å²) in [7, 11) is 0. The summed E-state index contributed by atoms with van der Waals surface area (Å²) in [5.41, 5.74) is 2.76. The van der Waals surface area contributed by atoms with E-state index in [2.05, 4.69) is 25.2 Å². The van der Waals surface area contributed by atoms with Crippen LogP contribution in [0.4, 0.5) is 15.9 Å². The van der Waals surface area contributed by atoms with Crippen molar-refractivity contribution in [3.63, 3.8) is 0 Å². The van der Waals surface area contributed by atoms with E-state index in [-0.39, 0.29) is 12.1 Å². The van der Waals surface area contributed by atoms with Gasteiger partial charge >= 0.3 is 0 Å². The molecule has 0 radical (unpaired) electrons. The molecule has 0 amide bonds. The zero-order valence-electron chi connectivity index (χ0n) is 18.2. The molecule has 1 N–H and O–H groups in total. The molecule has 2 atom stereocenters. The second kappa shape index (κ2) is 8.37. The van der Waals surface area contributed by atoms with Crippen molar-refractivity contribution in [2.75, 3.05) is 36.6 Å². The van der Waals surface area contributed by atoms with Gasteiger partial charge in [-0.1, -0.05) is 11.6 Å². The van der Waals surface area contributed by atoms with Crippen LogP contribution < -0.4 is 15.0 Å². The summed E-state index contributed by atoms with van der Waals surface area (Å²) in [4.78, 5) is 20.2. The van der Waals surface area contributed by atoms with Gasteiger partial charge in [-0.2, -0.15) is 0 Å². The molecule has 0 spiro atoms. The van der Waals surface area contributed by atoms with Gasteiger partial charge in [0.05, 0.1) is 48.2 Å². The first kappa shape index (κ1) is 21.1. The number of nitrogens with zero attached hydrogens (tertiary/aromatic N) is 5. The molecule has 1 aromatic carbocycles. The van der Waals surface area contributed by atoms with Crippen LogP contribution in [0.3, 0.4) is 0 Å². The zero-order valence-corrected chi connectivity index (χ0v) is 18.9. The predicted molar refractivity (Wildman–Crippen MR) is 124 cm³/mol. The van der Waals surface area contributed by atoms with Crippen LogP contribution in [0.5, 0.6) is 5.88 Å². The van der Waals surface area contributed by atoms with Gasteiger partial charge in [-0.05, 0) is 25.1 Å². The molecule has 0 unspecified atom stereocenters. The number of pyridine rings is 1. The van der Waals surface area contributed by atoms with Gasteiger partial charge in [0.15, 0.2) is 11.5 Å². The lowest BCUT2D eigenvalue weighted by atomic mass is 10.0. The molecule has 34 heavy (non-hydrogen) atoms. The average Bonchev–Trinajstić information content (AvgIpc) is 3.38. The summed E-state index contributed by atoms with van der Waals surface area (Å²) in [5, 5.41) is 3.68. The van der Waals surface area contributed by atoms with Gasteiger partial charge in [0.1, 0.15) is 23.8 Å². The van der Waals surface area contributed by atoms with E-state index in [1.165, 1.54) is 24.6 Å². The smallest absolute Gasteiger partial charge is 0.258 e. The van der Waals surface area contributed by atoms with Crippen molar-refractivity contribution in [1.29, 1.82) is 0 Å². The molecule has 0 aliphatic carbocycles. The van der Waals surface area contributed by atoms with E-state index < -0.39 is 5.82 Å². The van der Waals surface area contributed by atoms with Crippen molar-refractivity contribution in [3.05, 3.63) is 53.3 Å². The summed E-state index contributed by atoms with van der Waals surface area (Å²) in [6.07, 6.45) is 3.00. The number of benzene rings is 1. The number of aromatic nitrogens is 4. The first-order valence-electron chi connectivity index (χ1n) is 10.9. The molecule has 5 heterocycles. The lowest BCUT2D eigenvalue weighted by molar-refractivity contribution is 0.0686. The largest absolute Gasteiger partial charge is 0.473 e. The topological polar surface area (TPSA) is 98.4 Å². The fourth-order valence-corrected chi connectivity index (χ4v) is 4.50. The third-order valence-corrected chi connectivity index (χ3v) is 6.17. The summed E-state index contributed by atoms with van der Waals surface area (Å²) in [6.45, 7) is 4.25. The van der Waals surface area contributed by atoms with Crippen molar-refractivity contribution in [2.24, 2.45) is 0 Å². The minimum absolute atomic E-state index is 0.0796. The minimum Gasteiger partial charge on any atom is -0.473 e. The van der Waals surface area contributed by atoms with E-state index >= 15 is 0 Å². The average molecular weight is 483 g/mol. The number of morpholine rings is 1. The van der Waals surface area contributed by atoms with Crippen LogP contribution in [0, 0.1) is 5.82 Å². The highest BCUT2D eigenvalue weighted by Gasteiger charge is 2.33. The van der Waals surface area contributed by atoms with Gasteiger partial charge in [0, 0.05) is 18.2 Å². The normalized spacial score (nSPS) is 18.2. The number of ether oxygens (including phenoxy) is 2. The van der Waals surface area contributed by atoms with Crippen molar-refractivity contribution in [3.8, 4) is 17.5 Å². The van der Waals surface area contributed by atoms with E-state index in [0.29, 0.717) is 77.1 Å². The van der Waals surface area contributed by atoms with Crippen LogP contribution in [-0.2, 0) is 4.74 Å². The number of hydrogen-bond acceptors (Lipinski definition) is 9. The highest BCUT2D eigenvalue weighted by atomic mass is 35.5. The Labute approximate surface area is 198 Å². The lowest BCUT2D eigenvalue weighted by Crippen LogP contribution is -2.51. The maximum atomic E-state index is 14.6. The van der Waals surface area contributed by atoms with E-state index in [0.717, 1.165) is 0 Å². The summed E-state index contributed by atoms with van der Waals surface area (Å²) >= 11 is 6.11. The van der Waals surface area contributed by atoms with Gasteiger partial charge in [-0.25, -0.2) is 24.3 Å². The fourth-order valence-electron chi connectivity index (χ4n) is 4.35. The third-order valence-electron chi connectivity index (χ3n) is 5.96. The molecule has 1 saturated heterocycles. The Balaban J connectivity index is 1.42. The van der Waals surface area contributed by atoms with Gasteiger partial charge in [0.2, 0.25) is 5.89 Å². The van der Waals surface area contributed by atoms with Gasteiger partial charge in [-0.3, -0.25) is 0 Å². The van der Waals surface area contributed by atoms with E-state index in [4.69, 9.17) is 30.5 Å². The van der Waals surface area contributed by atoms with Gasteiger partial charge < -0.3 is 24.1 Å². The fraction of sp³-hybridized carbons (Fsp3) is 0.304. The number of fused-ring (bicyclic) bond motifs is 4. The SMILES string of the molecule is C[C@@H](Nc1ccc(Cl)nc1-c1ncco1)c1cc(F)cc2nc3c(nc12)N1CCOC[C@H]1CO3. The highest BCUT2D eigenvalue weighted by molar-refractivity contribution is 6.29.